The third-order valence-electron chi connectivity index (χ3n) is 2.39. The molecule has 0 aliphatic carbocycles. The van der Waals surface area contributed by atoms with Crippen molar-refractivity contribution in [1.82, 2.24) is 5.06 Å². The van der Waals surface area contributed by atoms with Crippen LogP contribution in [0.5, 0.6) is 0 Å². The molecule has 0 bridgehead atoms. The topological polar surface area (TPSA) is 130 Å². The van der Waals surface area contributed by atoms with Gasteiger partial charge < -0.3 is 20.8 Å². The van der Waals surface area contributed by atoms with Gasteiger partial charge in [0.05, 0.1) is 6.42 Å². The lowest BCUT2D eigenvalue weighted by Crippen LogP contribution is -2.43. The van der Waals surface area contributed by atoms with Gasteiger partial charge in [-0.1, -0.05) is 0 Å². The van der Waals surface area contributed by atoms with Gasteiger partial charge in [-0.2, -0.15) is 0 Å². The van der Waals surface area contributed by atoms with Crippen molar-refractivity contribution in [3.63, 3.8) is 0 Å². The van der Waals surface area contributed by atoms with Crippen LogP contribution in [0.15, 0.2) is 0 Å². The van der Waals surface area contributed by atoms with E-state index in [1.807, 2.05) is 0 Å². The minimum Gasteiger partial charge on any atom is -0.481 e. The molecule has 0 aromatic rings. The Labute approximate surface area is 96.9 Å². The molecule has 1 heterocycles. The number of hydroxylamine groups is 2. The molecule has 0 saturated carbocycles. The zero-order chi connectivity index (χ0) is 13.0. The fourth-order valence-electron chi connectivity index (χ4n) is 1.55. The number of carboxylic acid groups (broad SMARTS) is 2. The second-order valence-corrected chi connectivity index (χ2v) is 3.75. The van der Waals surface area contributed by atoms with Crippen molar-refractivity contribution >= 4 is 17.9 Å². The van der Waals surface area contributed by atoms with Crippen LogP contribution in [0.2, 0.25) is 0 Å². The lowest BCUT2D eigenvalue weighted by Gasteiger charge is -2.21. The molecule has 1 fully saturated rings. The summed E-state index contributed by atoms with van der Waals surface area (Å²) >= 11 is 0. The van der Waals surface area contributed by atoms with E-state index in [2.05, 4.69) is 0 Å². The fraction of sp³-hybridized carbons (Fsp3) is 0.667. The van der Waals surface area contributed by atoms with Crippen LogP contribution in [0.25, 0.3) is 0 Å². The third kappa shape index (κ3) is 3.68. The maximum absolute atomic E-state index is 11.4. The quantitative estimate of drug-likeness (QED) is 0.551. The second kappa shape index (κ2) is 5.60. The van der Waals surface area contributed by atoms with Gasteiger partial charge in [0, 0.05) is 6.54 Å². The lowest BCUT2D eigenvalue weighted by atomic mass is 10.2. The van der Waals surface area contributed by atoms with Gasteiger partial charge in [0.2, 0.25) is 0 Å². The van der Waals surface area contributed by atoms with Crippen LogP contribution in [-0.4, -0.2) is 51.8 Å². The third-order valence-corrected chi connectivity index (χ3v) is 2.39. The first-order valence-electron chi connectivity index (χ1n) is 5.10. The smallest absolute Gasteiger partial charge is 0.342 e. The number of rotatable bonds is 5. The minimum absolute atomic E-state index is 0.308. The summed E-state index contributed by atoms with van der Waals surface area (Å²) in [5.74, 6) is -3.23. The molecule has 4 N–H and O–H groups in total. The first kappa shape index (κ1) is 13.4. The molecule has 0 aromatic carbocycles. The summed E-state index contributed by atoms with van der Waals surface area (Å²) in [7, 11) is 0. The van der Waals surface area contributed by atoms with Crippen molar-refractivity contribution in [3.8, 4) is 0 Å². The maximum Gasteiger partial charge on any atom is 0.342 e. The largest absolute Gasteiger partial charge is 0.481 e. The van der Waals surface area contributed by atoms with E-state index >= 15 is 0 Å². The van der Waals surface area contributed by atoms with Gasteiger partial charge in [-0.3, -0.25) is 9.59 Å². The molecule has 8 heteroatoms. The van der Waals surface area contributed by atoms with E-state index in [9.17, 15) is 14.4 Å². The summed E-state index contributed by atoms with van der Waals surface area (Å²) in [5.41, 5.74) is 5.29. The summed E-state index contributed by atoms with van der Waals surface area (Å²) in [6.07, 6.45) is 0.430. The second-order valence-electron chi connectivity index (χ2n) is 3.75. The molecular formula is C9H14N2O6. The normalized spacial score (nSPS) is 22.1. The first-order chi connectivity index (χ1) is 7.91. The minimum atomic E-state index is -1.29. The zero-order valence-corrected chi connectivity index (χ0v) is 9.04. The molecule has 0 spiro atoms. The molecule has 1 aliphatic rings. The number of hydrogen-bond acceptors (Lipinski definition) is 6. The highest BCUT2D eigenvalue weighted by atomic mass is 16.7. The van der Waals surface area contributed by atoms with Gasteiger partial charge in [-0.05, 0) is 12.8 Å². The lowest BCUT2D eigenvalue weighted by molar-refractivity contribution is -0.201. The first-order valence-corrected chi connectivity index (χ1v) is 5.10. The van der Waals surface area contributed by atoms with E-state index in [1.165, 1.54) is 0 Å². The predicted octanol–water partition coefficient (Wildman–Crippen LogP) is -1.20. The molecule has 1 saturated heterocycles. The molecule has 17 heavy (non-hydrogen) atoms. The molecule has 96 valence electrons. The molecule has 1 rings (SSSR count). The average molecular weight is 246 g/mol. The van der Waals surface area contributed by atoms with E-state index in [4.69, 9.17) is 20.8 Å². The van der Waals surface area contributed by atoms with Gasteiger partial charge in [0.15, 0.2) is 0 Å². The van der Waals surface area contributed by atoms with Gasteiger partial charge in [0.1, 0.15) is 12.1 Å². The molecule has 0 radical (unpaired) electrons. The van der Waals surface area contributed by atoms with Crippen LogP contribution in [-0.2, 0) is 19.2 Å². The predicted molar refractivity (Wildman–Crippen MR) is 53.7 cm³/mol. The Morgan fingerprint density at radius 1 is 1.41 bits per heavy atom. The van der Waals surface area contributed by atoms with Gasteiger partial charge in [-0.15, -0.1) is 5.06 Å². The van der Waals surface area contributed by atoms with Crippen molar-refractivity contribution < 1.29 is 29.4 Å². The van der Waals surface area contributed by atoms with Crippen molar-refractivity contribution in [2.45, 2.75) is 31.3 Å². The highest BCUT2D eigenvalue weighted by Crippen LogP contribution is 2.18. The fourth-order valence-corrected chi connectivity index (χ4v) is 1.55. The van der Waals surface area contributed by atoms with Crippen molar-refractivity contribution in [3.05, 3.63) is 0 Å². The number of carbonyl (C=O) groups is 3. The van der Waals surface area contributed by atoms with Crippen LogP contribution >= 0.6 is 0 Å². The molecule has 1 unspecified atom stereocenters. The van der Waals surface area contributed by atoms with E-state index < -0.39 is 36.4 Å². The van der Waals surface area contributed by atoms with Gasteiger partial charge in [0.25, 0.3) is 0 Å². The van der Waals surface area contributed by atoms with Gasteiger partial charge >= 0.3 is 17.9 Å². The highest BCUT2D eigenvalue weighted by molar-refractivity contribution is 5.82. The number of aliphatic carboxylic acids is 2. The highest BCUT2D eigenvalue weighted by Gasteiger charge is 2.34. The zero-order valence-electron chi connectivity index (χ0n) is 9.04. The monoisotopic (exact) mass is 246 g/mol. The SMILES string of the molecule is NC(CC(=O)O)C(=O)ON1CCC[C@H]1C(=O)O. The van der Waals surface area contributed by atoms with Gasteiger partial charge in [-0.25, -0.2) is 4.79 Å². The Hall–Kier alpha value is -1.67. The summed E-state index contributed by atoms with van der Waals surface area (Å²) in [6, 6.07) is -2.17. The Kier molecular flexibility index (Phi) is 4.41. The molecule has 2 atom stereocenters. The number of carbonyl (C=O) groups excluding carboxylic acids is 1. The van der Waals surface area contributed by atoms with Crippen LogP contribution < -0.4 is 5.73 Å². The van der Waals surface area contributed by atoms with Crippen molar-refractivity contribution in [1.29, 1.82) is 0 Å². The number of nitrogens with two attached hydrogens (primary N) is 1. The Bertz CT molecular complexity index is 331. The van der Waals surface area contributed by atoms with Crippen molar-refractivity contribution in [2.24, 2.45) is 5.73 Å². The summed E-state index contributed by atoms with van der Waals surface area (Å²) in [6.45, 7) is 0.308. The van der Waals surface area contributed by atoms with Crippen molar-refractivity contribution in [2.75, 3.05) is 6.54 Å². The summed E-state index contributed by atoms with van der Waals surface area (Å²) in [4.78, 5) is 37.2. The maximum atomic E-state index is 11.4. The number of hydrogen-bond donors (Lipinski definition) is 3. The van der Waals surface area contributed by atoms with E-state index in [0.717, 1.165) is 5.06 Å². The Morgan fingerprint density at radius 3 is 2.59 bits per heavy atom. The molecular weight excluding hydrogens is 232 g/mol. The summed E-state index contributed by atoms with van der Waals surface area (Å²) in [5, 5.41) is 18.3. The van der Waals surface area contributed by atoms with Crippen LogP contribution in [0.4, 0.5) is 0 Å². The van der Waals surface area contributed by atoms with E-state index in [1.54, 1.807) is 0 Å². The number of nitrogens with zero attached hydrogens (tertiary/aromatic N) is 1. The van der Waals surface area contributed by atoms with E-state index in [0.29, 0.717) is 19.4 Å². The molecule has 1 aliphatic heterocycles. The molecule has 0 amide bonds. The van der Waals surface area contributed by atoms with Crippen LogP contribution in [0, 0.1) is 0 Å². The molecule has 0 aromatic heterocycles. The Morgan fingerprint density at radius 2 is 2.06 bits per heavy atom. The van der Waals surface area contributed by atoms with Crippen LogP contribution in [0.3, 0.4) is 0 Å². The standard InChI is InChI=1S/C9H14N2O6/c10-5(4-7(12)13)9(16)17-11-3-1-2-6(11)8(14)15/h5-6H,1-4,10H2,(H,12,13)(H,14,15)/t5?,6-/m0/s1. The average Bonchev–Trinajstić information content (AvgIpc) is 2.64. The van der Waals surface area contributed by atoms with Crippen LogP contribution in [0.1, 0.15) is 19.3 Å². The number of carboxylic acids is 2. The Balaban J connectivity index is 2.50. The summed E-state index contributed by atoms with van der Waals surface area (Å²) < 4.78 is 0. The molecule has 8 nitrogen and oxygen atoms in total. The van der Waals surface area contributed by atoms with E-state index in [-0.39, 0.29) is 0 Å².